The van der Waals surface area contributed by atoms with Crippen LogP contribution in [0.5, 0.6) is 0 Å². The van der Waals surface area contributed by atoms with Crippen molar-refractivity contribution in [2.24, 2.45) is 5.73 Å². The summed E-state index contributed by atoms with van der Waals surface area (Å²) in [6.07, 6.45) is -1.61. The summed E-state index contributed by atoms with van der Waals surface area (Å²) >= 11 is 0. The van der Waals surface area contributed by atoms with Crippen LogP contribution in [0.25, 0.3) is 0 Å². The second-order valence-electron chi connectivity index (χ2n) is 4.46. The number of rotatable bonds is 4. The summed E-state index contributed by atoms with van der Waals surface area (Å²) in [5.74, 6) is -1.89. The van der Waals surface area contributed by atoms with Crippen LogP contribution in [0.2, 0.25) is 0 Å². The molecule has 0 aliphatic heterocycles. The molecule has 5 heteroatoms. The highest BCUT2D eigenvalue weighted by Crippen LogP contribution is 2.15. The van der Waals surface area contributed by atoms with E-state index >= 15 is 0 Å². The molecule has 2 unspecified atom stereocenters. The van der Waals surface area contributed by atoms with E-state index in [-0.39, 0.29) is 5.56 Å². The lowest BCUT2D eigenvalue weighted by atomic mass is 10.0. The summed E-state index contributed by atoms with van der Waals surface area (Å²) in [5.41, 5.74) is 6.60. The molecule has 0 amide bonds. The summed E-state index contributed by atoms with van der Waals surface area (Å²) in [5, 5.41) is 9.88. The number of hydrogen-bond donors (Lipinski definition) is 2. The van der Waals surface area contributed by atoms with E-state index < -0.39 is 24.1 Å². The van der Waals surface area contributed by atoms with Gasteiger partial charge in [0.1, 0.15) is 0 Å². The molecule has 0 heterocycles. The Kier molecular flexibility index (Phi) is 4.81. The topological polar surface area (TPSA) is 89.6 Å². The lowest BCUT2D eigenvalue weighted by molar-refractivity contribution is -0.148. The van der Waals surface area contributed by atoms with Gasteiger partial charge in [-0.15, -0.1) is 0 Å². The lowest BCUT2D eigenvalue weighted by Crippen LogP contribution is -2.36. The third-order valence-corrected chi connectivity index (χ3v) is 2.97. The zero-order chi connectivity index (χ0) is 15.2. The minimum Gasteiger partial charge on any atom is -0.387 e. The third-order valence-electron chi connectivity index (χ3n) is 2.97. The number of carbonyl (C=O) groups excluding carboxylic acids is 2. The Bertz CT molecular complexity index is 613. The van der Waals surface area contributed by atoms with E-state index in [2.05, 4.69) is 4.74 Å². The van der Waals surface area contributed by atoms with Gasteiger partial charge in [-0.05, 0) is 17.7 Å². The molecule has 3 N–H and O–H groups in total. The van der Waals surface area contributed by atoms with Crippen LogP contribution in [-0.4, -0.2) is 23.1 Å². The highest BCUT2D eigenvalue weighted by Gasteiger charge is 2.28. The molecule has 2 atom stereocenters. The van der Waals surface area contributed by atoms with Gasteiger partial charge in [-0.2, -0.15) is 0 Å². The molecule has 2 aromatic carbocycles. The van der Waals surface area contributed by atoms with Crippen LogP contribution in [0.4, 0.5) is 0 Å². The van der Waals surface area contributed by atoms with Crippen molar-refractivity contribution in [3.63, 3.8) is 0 Å². The molecule has 108 valence electrons. The van der Waals surface area contributed by atoms with Crippen LogP contribution in [-0.2, 0) is 9.53 Å². The summed E-state index contributed by atoms with van der Waals surface area (Å²) in [6.45, 7) is 0. The van der Waals surface area contributed by atoms with Gasteiger partial charge in [0.05, 0.1) is 11.6 Å². The number of benzene rings is 2. The highest BCUT2D eigenvalue weighted by molar-refractivity contribution is 5.97. The molecular weight excluding hydrogens is 270 g/mol. The van der Waals surface area contributed by atoms with Crippen molar-refractivity contribution in [2.45, 2.75) is 12.1 Å². The summed E-state index contributed by atoms with van der Waals surface area (Å²) in [4.78, 5) is 23.5. The van der Waals surface area contributed by atoms with Crippen LogP contribution < -0.4 is 5.73 Å². The molecule has 2 rings (SSSR count). The van der Waals surface area contributed by atoms with Crippen molar-refractivity contribution in [1.29, 1.82) is 0 Å². The Morgan fingerprint density at radius 3 is 2.05 bits per heavy atom. The summed E-state index contributed by atoms with van der Waals surface area (Å²) < 4.78 is 4.63. The summed E-state index contributed by atoms with van der Waals surface area (Å²) in [6, 6.07) is 15.7. The predicted molar refractivity (Wildman–Crippen MR) is 76.2 cm³/mol. The van der Waals surface area contributed by atoms with Crippen molar-refractivity contribution < 1.29 is 19.4 Å². The minimum atomic E-state index is -1.61. The Labute approximate surface area is 122 Å². The van der Waals surface area contributed by atoms with Gasteiger partial charge in [0, 0.05) is 0 Å². The van der Waals surface area contributed by atoms with Crippen LogP contribution >= 0.6 is 0 Å². The maximum Gasteiger partial charge on any atom is 0.345 e. The van der Waals surface area contributed by atoms with Crippen LogP contribution in [0.15, 0.2) is 60.7 Å². The van der Waals surface area contributed by atoms with Crippen molar-refractivity contribution in [1.82, 2.24) is 0 Å². The van der Waals surface area contributed by atoms with Gasteiger partial charge in [-0.1, -0.05) is 48.5 Å². The van der Waals surface area contributed by atoms with E-state index in [0.29, 0.717) is 5.56 Å². The molecule has 0 spiro atoms. The number of aliphatic hydroxyl groups is 1. The second-order valence-corrected chi connectivity index (χ2v) is 4.46. The predicted octanol–water partition coefficient (Wildman–Crippen LogP) is 1.43. The Morgan fingerprint density at radius 1 is 0.952 bits per heavy atom. The first-order valence-electron chi connectivity index (χ1n) is 6.39. The quantitative estimate of drug-likeness (QED) is 0.655. The first-order chi connectivity index (χ1) is 10.1. The molecule has 0 aliphatic rings. The average molecular weight is 285 g/mol. The normalized spacial score (nSPS) is 13.2. The number of carbonyl (C=O) groups is 2. The molecule has 5 nitrogen and oxygen atoms in total. The summed E-state index contributed by atoms with van der Waals surface area (Å²) in [7, 11) is 0. The molecule has 0 aromatic heterocycles. The van der Waals surface area contributed by atoms with Gasteiger partial charge in [0.15, 0.2) is 6.10 Å². The minimum absolute atomic E-state index is 0.228. The van der Waals surface area contributed by atoms with Crippen LogP contribution in [0.1, 0.15) is 22.0 Å². The SMILES string of the molecule is NC(c1ccccc1)C(O)C(=O)OC(=O)c1ccccc1. The van der Waals surface area contributed by atoms with Crippen LogP contribution in [0, 0.1) is 0 Å². The van der Waals surface area contributed by atoms with Crippen molar-refractivity contribution in [2.75, 3.05) is 0 Å². The van der Waals surface area contributed by atoms with E-state index in [9.17, 15) is 14.7 Å². The third kappa shape index (κ3) is 3.75. The number of aliphatic hydroxyl groups excluding tert-OH is 1. The zero-order valence-corrected chi connectivity index (χ0v) is 11.2. The van der Waals surface area contributed by atoms with E-state index in [4.69, 9.17) is 5.73 Å². The fraction of sp³-hybridized carbons (Fsp3) is 0.125. The molecular formula is C16H15NO4. The van der Waals surface area contributed by atoms with Gasteiger partial charge in [-0.25, -0.2) is 9.59 Å². The molecule has 2 aromatic rings. The molecule has 0 aliphatic carbocycles. The maximum atomic E-state index is 11.8. The van der Waals surface area contributed by atoms with Gasteiger partial charge >= 0.3 is 11.9 Å². The van der Waals surface area contributed by atoms with E-state index in [0.717, 1.165) is 0 Å². The smallest absolute Gasteiger partial charge is 0.345 e. The zero-order valence-electron chi connectivity index (χ0n) is 11.2. The molecule has 21 heavy (non-hydrogen) atoms. The number of hydrogen-bond acceptors (Lipinski definition) is 5. The number of ether oxygens (including phenoxy) is 1. The van der Waals surface area contributed by atoms with Gasteiger partial charge in [0.2, 0.25) is 0 Å². The fourth-order valence-corrected chi connectivity index (χ4v) is 1.79. The number of esters is 2. The van der Waals surface area contributed by atoms with Gasteiger partial charge < -0.3 is 15.6 Å². The molecule has 0 fully saturated rings. The van der Waals surface area contributed by atoms with E-state index in [1.165, 1.54) is 12.1 Å². The first kappa shape index (κ1) is 14.9. The van der Waals surface area contributed by atoms with Crippen molar-refractivity contribution in [3.8, 4) is 0 Å². The average Bonchev–Trinajstić information content (AvgIpc) is 2.55. The van der Waals surface area contributed by atoms with Gasteiger partial charge in [-0.3, -0.25) is 0 Å². The monoisotopic (exact) mass is 285 g/mol. The lowest BCUT2D eigenvalue weighted by Gasteiger charge is -2.17. The van der Waals surface area contributed by atoms with Crippen molar-refractivity contribution in [3.05, 3.63) is 71.8 Å². The first-order valence-corrected chi connectivity index (χ1v) is 6.39. The second kappa shape index (κ2) is 6.78. The Hall–Kier alpha value is -2.50. The molecule has 0 saturated carbocycles. The van der Waals surface area contributed by atoms with E-state index in [1.807, 2.05) is 0 Å². The van der Waals surface area contributed by atoms with Crippen LogP contribution in [0.3, 0.4) is 0 Å². The Balaban J connectivity index is 2.01. The molecule has 0 bridgehead atoms. The maximum absolute atomic E-state index is 11.8. The molecule has 0 saturated heterocycles. The molecule has 0 radical (unpaired) electrons. The van der Waals surface area contributed by atoms with E-state index in [1.54, 1.807) is 48.5 Å². The number of nitrogens with two attached hydrogens (primary N) is 1. The Morgan fingerprint density at radius 2 is 1.48 bits per heavy atom. The standard InChI is InChI=1S/C16H15NO4/c17-13(11-7-3-1-4-8-11)14(18)16(20)21-15(19)12-9-5-2-6-10-12/h1-10,13-14,18H,17H2. The van der Waals surface area contributed by atoms with Crippen molar-refractivity contribution >= 4 is 11.9 Å². The largest absolute Gasteiger partial charge is 0.387 e. The van der Waals surface area contributed by atoms with Gasteiger partial charge in [0.25, 0.3) is 0 Å². The highest BCUT2D eigenvalue weighted by atomic mass is 16.6. The fourth-order valence-electron chi connectivity index (χ4n) is 1.79.